The number of aromatic nitrogens is 2. The molecule has 20 heavy (non-hydrogen) atoms. The zero-order valence-corrected chi connectivity index (χ0v) is 11.4. The molecule has 0 radical (unpaired) electrons. The van der Waals surface area contributed by atoms with Crippen molar-refractivity contribution >= 4 is 28.6 Å². The lowest BCUT2D eigenvalue weighted by molar-refractivity contribution is 0.597. The number of nitrogen functional groups attached to an aromatic ring is 1. The van der Waals surface area contributed by atoms with Gasteiger partial charge in [0.1, 0.15) is 5.82 Å². The quantitative estimate of drug-likeness (QED) is 0.800. The van der Waals surface area contributed by atoms with E-state index in [1.165, 1.54) is 6.07 Å². The Kier molecular flexibility index (Phi) is 3.32. The van der Waals surface area contributed by atoms with Crippen LogP contribution < -0.4 is 5.73 Å². The summed E-state index contributed by atoms with van der Waals surface area (Å²) in [5, 5.41) is 0.622. The SMILES string of the molecule is Nc1nc2cc(Cl)ccc2n1CCc1ccccc1F. The Balaban J connectivity index is 1.91. The van der Waals surface area contributed by atoms with Gasteiger partial charge in [0, 0.05) is 11.6 Å². The molecule has 0 saturated carbocycles. The zero-order valence-electron chi connectivity index (χ0n) is 10.7. The maximum absolute atomic E-state index is 13.6. The minimum Gasteiger partial charge on any atom is -0.369 e. The van der Waals surface area contributed by atoms with Gasteiger partial charge < -0.3 is 10.3 Å². The molecule has 0 bridgehead atoms. The molecule has 0 atom stereocenters. The van der Waals surface area contributed by atoms with E-state index in [4.69, 9.17) is 17.3 Å². The summed E-state index contributed by atoms with van der Waals surface area (Å²) in [6, 6.07) is 12.2. The Morgan fingerprint density at radius 2 is 2.00 bits per heavy atom. The highest BCUT2D eigenvalue weighted by atomic mass is 35.5. The van der Waals surface area contributed by atoms with E-state index in [1.54, 1.807) is 24.3 Å². The molecule has 0 spiro atoms. The Labute approximate surface area is 120 Å². The van der Waals surface area contributed by atoms with Gasteiger partial charge >= 0.3 is 0 Å². The summed E-state index contributed by atoms with van der Waals surface area (Å²) in [5.41, 5.74) is 8.25. The van der Waals surface area contributed by atoms with Crippen LogP contribution in [0.4, 0.5) is 10.3 Å². The van der Waals surface area contributed by atoms with E-state index in [9.17, 15) is 4.39 Å². The highest BCUT2D eigenvalue weighted by molar-refractivity contribution is 6.31. The first kappa shape index (κ1) is 12.9. The van der Waals surface area contributed by atoms with Crippen LogP contribution in [0, 0.1) is 5.82 Å². The number of nitrogens with zero attached hydrogens (tertiary/aromatic N) is 2. The first-order valence-corrected chi connectivity index (χ1v) is 6.67. The van der Waals surface area contributed by atoms with E-state index in [-0.39, 0.29) is 5.82 Å². The van der Waals surface area contributed by atoms with Gasteiger partial charge in [-0.1, -0.05) is 29.8 Å². The van der Waals surface area contributed by atoms with Gasteiger partial charge in [-0.3, -0.25) is 0 Å². The molecule has 3 nitrogen and oxygen atoms in total. The van der Waals surface area contributed by atoms with Gasteiger partial charge in [0.2, 0.25) is 5.95 Å². The fraction of sp³-hybridized carbons (Fsp3) is 0.133. The van der Waals surface area contributed by atoms with Crippen molar-refractivity contribution in [1.29, 1.82) is 0 Å². The van der Waals surface area contributed by atoms with Crippen molar-refractivity contribution in [3.8, 4) is 0 Å². The van der Waals surface area contributed by atoms with Crippen LogP contribution in [0.2, 0.25) is 5.02 Å². The van der Waals surface area contributed by atoms with E-state index in [1.807, 2.05) is 16.7 Å². The van der Waals surface area contributed by atoms with Crippen molar-refractivity contribution in [2.24, 2.45) is 0 Å². The standard InChI is InChI=1S/C15H13ClFN3/c16-11-5-6-14-13(9-11)19-15(18)20(14)8-7-10-3-1-2-4-12(10)17/h1-6,9H,7-8H2,(H2,18,19). The number of hydrogen-bond acceptors (Lipinski definition) is 2. The first-order valence-electron chi connectivity index (χ1n) is 6.30. The van der Waals surface area contributed by atoms with Crippen molar-refractivity contribution in [2.45, 2.75) is 13.0 Å². The number of anilines is 1. The van der Waals surface area contributed by atoms with Crippen LogP contribution in [-0.2, 0) is 13.0 Å². The van der Waals surface area contributed by atoms with Gasteiger partial charge in [-0.25, -0.2) is 9.37 Å². The summed E-state index contributed by atoms with van der Waals surface area (Å²) in [5.74, 6) is 0.220. The Morgan fingerprint density at radius 3 is 2.80 bits per heavy atom. The lowest BCUT2D eigenvalue weighted by Crippen LogP contribution is -2.06. The van der Waals surface area contributed by atoms with Crippen LogP contribution in [0.3, 0.4) is 0 Å². The molecule has 2 aromatic carbocycles. The van der Waals surface area contributed by atoms with Gasteiger partial charge in [-0.05, 0) is 36.2 Å². The summed E-state index contributed by atoms with van der Waals surface area (Å²) in [6.45, 7) is 0.574. The second kappa shape index (κ2) is 5.13. The molecule has 3 rings (SSSR count). The van der Waals surface area contributed by atoms with Crippen LogP contribution in [0.1, 0.15) is 5.56 Å². The minimum absolute atomic E-state index is 0.196. The predicted molar refractivity (Wildman–Crippen MR) is 79.3 cm³/mol. The second-order valence-corrected chi connectivity index (χ2v) is 5.03. The fourth-order valence-corrected chi connectivity index (χ4v) is 2.46. The third-order valence-corrected chi connectivity index (χ3v) is 3.54. The van der Waals surface area contributed by atoms with Crippen LogP contribution in [0.5, 0.6) is 0 Å². The number of hydrogen-bond donors (Lipinski definition) is 1. The first-order chi connectivity index (χ1) is 9.65. The molecule has 0 unspecified atom stereocenters. The maximum atomic E-state index is 13.6. The molecule has 0 aliphatic carbocycles. The van der Waals surface area contributed by atoms with E-state index >= 15 is 0 Å². The third kappa shape index (κ3) is 2.34. The third-order valence-electron chi connectivity index (χ3n) is 3.30. The Hall–Kier alpha value is -2.07. The molecule has 102 valence electrons. The predicted octanol–water partition coefficient (Wildman–Crippen LogP) is 3.65. The molecule has 0 amide bonds. The summed E-state index contributed by atoms with van der Waals surface area (Å²) in [6.07, 6.45) is 0.560. The lowest BCUT2D eigenvalue weighted by Gasteiger charge is -2.07. The molecular weight excluding hydrogens is 277 g/mol. The molecule has 2 N–H and O–H groups in total. The number of benzene rings is 2. The molecule has 3 aromatic rings. The fourth-order valence-electron chi connectivity index (χ4n) is 2.29. The van der Waals surface area contributed by atoms with Crippen LogP contribution >= 0.6 is 11.6 Å². The van der Waals surface area contributed by atoms with Crippen LogP contribution in [0.25, 0.3) is 11.0 Å². The van der Waals surface area contributed by atoms with E-state index in [0.29, 0.717) is 29.5 Å². The van der Waals surface area contributed by atoms with Crippen LogP contribution in [-0.4, -0.2) is 9.55 Å². The zero-order chi connectivity index (χ0) is 14.1. The van der Waals surface area contributed by atoms with E-state index in [2.05, 4.69) is 4.98 Å². The topological polar surface area (TPSA) is 43.8 Å². The number of aryl methyl sites for hydroxylation is 2. The van der Waals surface area contributed by atoms with E-state index < -0.39 is 0 Å². The van der Waals surface area contributed by atoms with Crippen molar-refractivity contribution < 1.29 is 4.39 Å². The second-order valence-electron chi connectivity index (χ2n) is 4.60. The number of halogens is 2. The highest BCUT2D eigenvalue weighted by Crippen LogP contribution is 2.22. The molecule has 5 heteroatoms. The number of fused-ring (bicyclic) bond motifs is 1. The summed E-state index contributed by atoms with van der Waals surface area (Å²) in [7, 11) is 0. The average molecular weight is 290 g/mol. The van der Waals surface area contributed by atoms with Gasteiger partial charge in [0.05, 0.1) is 11.0 Å². The summed E-state index contributed by atoms with van der Waals surface area (Å²) >= 11 is 5.93. The highest BCUT2D eigenvalue weighted by Gasteiger charge is 2.09. The molecule has 0 aliphatic heterocycles. The number of imidazole rings is 1. The van der Waals surface area contributed by atoms with Crippen LogP contribution in [0.15, 0.2) is 42.5 Å². The van der Waals surface area contributed by atoms with Gasteiger partial charge in [-0.15, -0.1) is 0 Å². The lowest BCUT2D eigenvalue weighted by atomic mass is 10.1. The molecule has 0 saturated heterocycles. The van der Waals surface area contributed by atoms with Crippen molar-refractivity contribution in [3.05, 3.63) is 58.9 Å². The van der Waals surface area contributed by atoms with Gasteiger partial charge in [0.25, 0.3) is 0 Å². The van der Waals surface area contributed by atoms with Gasteiger partial charge in [-0.2, -0.15) is 0 Å². The summed E-state index contributed by atoms with van der Waals surface area (Å²) in [4.78, 5) is 4.27. The molecule has 0 fully saturated rings. The van der Waals surface area contributed by atoms with Crippen molar-refractivity contribution in [2.75, 3.05) is 5.73 Å². The molecule has 1 aromatic heterocycles. The van der Waals surface area contributed by atoms with Crippen molar-refractivity contribution in [3.63, 3.8) is 0 Å². The molecule has 0 aliphatic rings. The molecular formula is C15H13ClFN3. The van der Waals surface area contributed by atoms with E-state index in [0.717, 1.165) is 11.0 Å². The largest absolute Gasteiger partial charge is 0.369 e. The maximum Gasteiger partial charge on any atom is 0.201 e. The number of nitrogens with two attached hydrogens (primary N) is 1. The number of rotatable bonds is 3. The monoisotopic (exact) mass is 289 g/mol. The minimum atomic E-state index is -0.196. The summed E-state index contributed by atoms with van der Waals surface area (Å²) < 4.78 is 15.5. The Bertz CT molecular complexity index is 767. The Morgan fingerprint density at radius 1 is 1.20 bits per heavy atom. The average Bonchev–Trinajstić information content (AvgIpc) is 2.73. The van der Waals surface area contributed by atoms with Gasteiger partial charge in [0.15, 0.2) is 0 Å². The smallest absolute Gasteiger partial charge is 0.201 e. The normalized spacial score (nSPS) is 11.1. The molecule has 1 heterocycles. The van der Waals surface area contributed by atoms with Crippen molar-refractivity contribution in [1.82, 2.24) is 9.55 Å².